The summed E-state index contributed by atoms with van der Waals surface area (Å²) in [5, 5.41) is 27.0. The Kier molecular flexibility index (Phi) is 19.9. The van der Waals surface area contributed by atoms with Crippen LogP contribution in [0.4, 0.5) is 8.78 Å². The highest BCUT2D eigenvalue weighted by Gasteiger charge is 2.23. The molecule has 1 saturated heterocycles. The number of esters is 1. The first-order valence-electron chi connectivity index (χ1n) is 22.7. The van der Waals surface area contributed by atoms with E-state index in [-0.39, 0.29) is 22.9 Å². The molecule has 13 nitrogen and oxygen atoms in total. The second-order valence-electron chi connectivity index (χ2n) is 16.5. The number of pyridine rings is 2. The maximum atomic E-state index is 13.9. The number of aryl methyl sites for hydroxylation is 2. The van der Waals surface area contributed by atoms with Gasteiger partial charge in [-0.15, -0.1) is 0 Å². The Labute approximate surface area is 447 Å². The van der Waals surface area contributed by atoms with Gasteiger partial charge in [0.05, 0.1) is 52.9 Å². The maximum absolute atomic E-state index is 13.9. The largest absolute Gasteiger partial charge is 0.488 e. The molecule has 1 amide bonds. The second kappa shape index (κ2) is 26.0. The summed E-state index contributed by atoms with van der Waals surface area (Å²) in [7, 11) is -0.219. The lowest BCUT2D eigenvalue weighted by molar-refractivity contribution is 0.0303. The smallest absolute Gasteiger partial charge is 0.484 e. The Hall–Kier alpha value is -6.63. The van der Waals surface area contributed by atoms with E-state index >= 15 is 0 Å². The lowest BCUT2D eigenvalue weighted by Gasteiger charge is -2.26. The van der Waals surface area contributed by atoms with Crippen molar-refractivity contribution in [2.75, 3.05) is 33.4 Å². The molecule has 7 aromatic rings. The standard InChI is InChI=1S/C25H23Cl2FN2O3.C21H16Cl2FNO3.C8H9BO4.H2/c1-15-22(33-16(2)23-20(26)7-8-21(28)24(23)27)13-19(14-29-15)17-3-5-18(6-4-17)25(31)30-9-11-32-12-10-30;1-11-18(28-12(2)19-16(22)7-8-17(24)20(19)23)9-15(10-25-11)13-3-5-14(6-4-13)21(26)27;1-13-8(10)6-2-4-7(5-3-6)9(11)12;/h3-8,13-14,16H,9-12H2,1-2H3;3-10,12H,1-2H3,(H,26,27);2-5,11-12H,1H3;1H/i;;;1+1. The van der Waals surface area contributed by atoms with Gasteiger partial charge in [0, 0.05) is 64.8 Å². The highest BCUT2D eigenvalue weighted by molar-refractivity contribution is 6.58. The molecule has 386 valence electrons. The third-order valence-electron chi connectivity index (χ3n) is 11.5. The van der Waals surface area contributed by atoms with Crippen LogP contribution in [0.2, 0.25) is 20.1 Å². The van der Waals surface area contributed by atoms with Crippen LogP contribution >= 0.6 is 46.4 Å². The number of hydrogen-bond acceptors (Lipinski definition) is 11. The number of aromatic carboxylic acids is 1. The van der Waals surface area contributed by atoms with Gasteiger partial charge in [0.15, 0.2) is 0 Å². The first kappa shape index (κ1) is 56.7. The molecule has 0 aliphatic carbocycles. The normalized spacial score (nSPS) is 12.7. The zero-order valence-corrected chi connectivity index (χ0v) is 43.4. The Balaban J connectivity index is 0.000000225. The quantitative estimate of drug-likeness (QED) is 0.0600. The van der Waals surface area contributed by atoms with Crippen molar-refractivity contribution in [3.05, 3.63) is 193 Å². The van der Waals surface area contributed by atoms with E-state index in [4.69, 9.17) is 75.8 Å². The molecule has 2 aromatic heterocycles. The van der Waals surface area contributed by atoms with Crippen LogP contribution in [0.25, 0.3) is 22.3 Å². The number of carbonyl (C=O) groups is 3. The molecular weight excluding hydrogens is 1040 g/mol. The third kappa shape index (κ3) is 14.4. The molecule has 2 atom stereocenters. The van der Waals surface area contributed by atoms with Crippen LogP contribution in [0.1, 0.15) is 81.1 Å². The van der Waals surface area contributed by atoms with Gasteiger partial charge >= 0.3 is 19.1 Å². The van der Waals surface area contributed by atoms with E-state index in [9.17, 15) is 23.2 Å². The van der Waals surface area contributed by atoms with Crippen LogP contribution in [-0.4, -0.2) is 88.4 Å². The highest BCUT2D eigenvalue weighted by atomic mass is 35.5. The number of carboxylic acid groups (broad SMARTS) is 1. The predicted molar refractivity (Wildman–Crippen MR) is 283 cm³/mol. The number of aromatic nitrogens is 2. The lowest BCUT2D eigenvalue weighted by atomic mass is 9.80. The van der Waals surface area contributed by atoms with Crippen molar-refractivity contribution in [2.45, 2.75) is 39.9 Å². The summed E-state index contributed by atoms with van der Waals surface area (Å²) in [5.41, 5.74) is 6.86. The van der Waals surface area contributed by atoms with Gasteiger partial charge in [-0.25, -0.2) is 18.4 Å². The van der Waals surface area contributed by atoms with Crippen LogP contribution in [0.5, 0.6) is 11.5 Å². The minimum absolute atomic E-state index is 0. The topological polar surface area (TPSA) is 178 Å². The second-order valence-corrected chi connectivity index (χ2v) is 18.1. The number of hydrogen-bond donors (Lipinski definition) is 3. The number of carbonyl (C=O) groups excluding carboxylic acids is 2. The molecule has 3 N–H and O–H groups in total. The molecule has 74 heavy (non-hydrogen) atoms. The summed E-state index contributed by atoms with van der Waals surface area (Å²) in [4.78, 5) is 45.2. The first-order valence-corrected chi connectivity index (χ1v) is 24.2. The van der Waals surface area contributed by atoms with E-state index in [1.165, 1.54) is 67.8 Å². The van der Waals surface area contributed by atoms with Gasteiger partial charge in [-0.1, -0.05) is 82.8 Å². The highest BCUT2D eigenvalue weighted by Crippen LogP contribution is 2.38. The van der Waals surface area contributed by atoms with Gasteiger partial charge < -0.3 is 39.0 Å². The van der Waals surface area contributed by atoms with Crippen molar-refractivity contribution in [1.82, 2.24) is 14.9 Å². The number of carboxylic acids is 1. The van der Waals surface area contributed by atoms with E-state index in [1.807, 2.05) is 37.3 Å². The Morgan fingerprint density at radius 1 is 0.649 bits per heavy atom. The van der Waals surface area contributed by atoms with Crippen LogP contribution in [0.15, 0.2) is 122 Å². The summed E-state index contributed by atoms with van der Waals surface area (Å²) >= 11 is 24.6. The maximum Gasteiger partial charge on any atom is 0.488 e. The fourth-order valence-corrected chi connectivity index (χ4v) is 8.73. The average molecular weight is 1090 g/mol. The van der Waals surface area contributed by atoms with Gasteiger partial charge in [0.25, 0.3) is 5.91 Å². The van der Waals surface area contributed by atoms with Crippen LogP contribution in [-0.2, 0) is 9.47 Å². The number of morpholine rings is 1. The molecule has 1 fully saturated rings. The van der Waals surface area contributed by atoms with Crippen molar-refractivity contribution in [2.24, 2.45) is 0 Å². The van der Waals surface area contributed by atoms with Crippen LogP contribution < -0.4 is 14.9 Å². The molecule has 20 heteroatoms. The number of rotatable bonds is 12. The van der Waals surface area contributed by atoms with Gasteiger partial charge in [-0.3, -0.25) is 14.8 Å². The fourth-order valence-electron chi connectivity index (χ4n) is 7.38. The summed E-state index contributed by atoms with van der Waals surface area (Å²) < 4.78 is 49.6. The Bertz CT molecular complexity index is 3120. The van der Waals surface area contributed by atoms with Gasteiger partial charge in [-0.2, -0.15) is 0 Å². The Morgan fingerprint density at radius 2 is 1.07 bits per heavy atom. The summed E-state index contributed by atoms with van der Waals surface area (Å²) in [6, 6.07) is 28.6. The first-order chi connectivity index (χ1) is 35.3. The lowest BCUT2D eigenvalue weighted by Crippen LogP contribution is -2.40. The molecule has 5 aromatic carbocycles. The molecule has 0 spiro atoms. The van der Waals surface area contributed by atoms with Gasteiger partial charge in [0.1, 0.15) is 35.3 Å². The molecule has 3 heterocycles. The molecule has 0 radical (unpaired) electrons. The minimum Gasteiger partial charge on any atom is -0.484 e. The van der Waals surface area contributed by atoms with Gasteiger partial charge in [-0.05, 0) is 117 Å². The summed E-state index contributed by atoms with van der Waals surface area (Å²) in [6.45, 7) is 9.41. The van der Waals surface area contributed by atoms with Crippen molar-refractivity contribution >= 4 is 76.8 Å². The SMILES string of the molecule is COC(=O)c1ccc(B(O)O)cc1.Cc1ncc(-c2ccc(C(=O)N3CCOCC3)cc2)cc1OC(C)c1c(Cl)ccc(F)c1Cl.Cc1ncc(-c2ccc(C(=O)O)cc2)cc1OC(C)c1c(Cl)ccc(F)c1Cl.[2HH]. The summed E-state index contributed by atoms with van der Waals surface area (Å²) in [5.74, 6) is -1.54. The number of amides is 1. The van der Waals surface area contributed by atoms with Crippen molar-refractivity contribution in [3.8, 4) is 33.8 Å². The number of benzene rings is 5. The minimum atomic E-state index is -1.51. The number of methoxy groups -OCH3 is 1. The Morgan fingerprint density at radius 3 is 1.47 bits per heavy atom. The molecular formula is C54H50BCl4F2N3O10. The molecule has 2 unspecified atom stereocenters. The molecule has 0 saturated carbocycles. The van der Waals surface area contributed by atoms with Gasteiger partial charge in [0.2, 0.25) is 0 Å². The van der Waals surface area contributed by atoms with Crippen molar-refractivity contribution < 1.29 is 58.7 Å². The zero-order valence-electron chi connectivity index (χ0n) is 40.4. The van der Waals surface area contributed by atoms with E-state index in [0.717, 1.165) is 22.3 Å². The number of halogens is 6. The van der Waals surface area contributed by atoms with E-state index < -0.39 is 42.9 Å². The molecule has 1 aliphatic heterocycles. The molecule has 8 rings (SSSR count). The average Bonchev–Trinajstić information content (AvgIpc) is 3.40. The van der Waals surface area contributed by atoms with E-state index in [0.29, 0.717) is 87.0 Å². The molecule has 1 aliphatic rings. The van der Waals surface area contributed by atoms with E-state index in [1.54, 1.807) is 56.3 Å². The summed E-state index contributed by atoms with van der Waals surface area (Å²) in [6.07, 6.45) is 2.21. The monoisotopic (exact) mass is 1090 g/mol. The van der Waals surface area contributed by atoms with Crippen LogP contribution in [0, 0.1) is 25.5 Å². The number of ether oxygens (including phenoxy) is 4. The van der Waals surface area contributed by atoms with Crippen molar-refractivity contribution in [1.29, 1.82) is 0 Å². The predicted octanol–water partition coefficient (Wildman–Crippen LogP) is 11.9. The fraction of sp³-hybridized carbons (Fsp3) is 0.204. The van der Waals surface area contributed by atoms with E-state index in [2.05, 4.69) is 14.7 Å². The third-order valence-corrected chi connectivity index (χ3v) is 12.9. The van der Waals surface area contributed by atoms with Crippen molar-refractivity contribution in [3.63, 3.8) is 0 Å². The molecule has 0 bridgehead atoms. The zero-order chi connectivity index (χ0) is 53.8. The number of nitrogens with zero attached hydrogens (tertiary/aromatic N) is 3. The van der Waals surface area contributed by atoms with Crippen LogP contribution in [0.3, 0.4) is 0 Å².